The van der Waals surface area contributed by atoms with Crippen LogP contribution in [0.4, 0.5) is 20.2 Å². The van der Waals surface area contributed by atoms with E-state index in [1.807, 2.05) is 26.0 Å². The Morgan fingerprint density at radius 3 is 2.06 bits per heavy atom. The van der Waals surface area contributed by atoms with Crippen molar-refractivity contribution in [2.24, 2.45) is 0 Å². The number of benzene rings is 1. The Morgan fingerprint density at radius 2 is 1.48 bits per heavy atom. The number of hydrogen-bond donors (Lipinski definition) is 1. The maximum absolute atomic E-state index is 13.2. The maximum Gasteiger partial charge on any atom is 0.425 e. The highest BCUT2D eigenvalue weighted by Crippen LogP contribution is 2.34. The summed E-state index contributed by atoms with van der Waals surface area (Å²) in [6.07, 6.45) is -0.656. The Labute approximate surface area is 313 Å². The van der Waals surface area contributed by atoms with E-state index in [0.29, 0.717) is 34.8 Å². The van der Waals surface area contributed by atoms with Gasteiger partial charge in [-0.2, -0.15) is 4.90 Å². The van der Waals surface area contributed by atoms with Gasteiger partial charge < -0.3 is 33.5 Å². The van der Waals surface area contributed by atoms with Crippen molar-refractivity contribution in [3.8, 4) is 34.0 Å². The van der Waals surface area contributed by atoms with Crippen LogP contribution in [0.2, 0.25) is 0 Å². The average Bonchev–Trinajstić information content (AvgIpc) is 3.58. The van der Waals surface area contributed by atoms with E-state index in [4.69, 9.17) is 14.0 Å². The van der Waals surface area contributed by atoms with Gasteiger partial charge in [-0.25, -0.2) is 24.4 Å². The molecule has 1 unspecified atom stereocenters. The van der Waals surface area contributed by atoms with Gasteiger partial charge >= 0.3 is 18.3 Å². The third-order valence-electron chi connectivity index (χ3n) is 7.93. The normalized spacial score (nSPS) is 12.1. The van der Waals surface area contributed by atoms with Crippen LogP contribution in [0.3, 0.4) is 0 Å². The van der Waals surface area contributed by atoms with Gasteiger partial charge in [-0.1, -0.05) is 29.4 Å². The van der Waals surface area contributed by atoms with E-state index in [-0.39, 0.29) is 29.6 Å². The number of hydrogen-bond acceptors (Lipinski definition) is 11. The SMILES string of the molecule is CCN(CC)C(=O)C(C)n1cc(-c2cnc(N(C(=O)O)C(=O)OC(C)(C)C)c(-c3cc(-c4ccc(CN(C)C(=O)OC(C)(C)C)cc4)no3)n2)ccc1=O. The van der Waals surface area contributed by atoms with E-state index in [1.54, 1.807) is 72.5 Å². The smallest absolute Gasteiger partial charge is 0.425 e. The van der Waals surface area contributed by atoms with Crippen molar-refractivity contribution in [3.63, 3.8) is 0 Å². The molecule has 1 aromatic carbocycles. The lowest BCUT2D eigenvalue weighted by Gasteiger charge is -2.25. The topological polar surface area (TPSA) is 190 Å². The zero-order valence-corrected chi connectivity index (χ0v) is 32.2. The zero-order valence-electron chi connectivity index (χ0n) is 32.2. The van der Waals surface area contributed by atoms with Gasteiger partial charge in [0.25, 0.3) is 5.56 Å². The molecule has 16 nitrogen and oxygen atoms in total. The van der Waals surface area contributed by atoms with E-state index in [0.717, 1.165) is 5.56 Å². The molecule has 0 bridgehead atoms. The second kappa shape index (κ2) is 16.3. The van der Waals surface area contributed by atoms with Gasteiger partial charge in [0, 0.05) is 56.1 Å². The molecule has 0 aliphatic heterocycles. The summed E-state index contributed by atoms with van der Waals surface area (Å²) in [5, 5.41) is 14.4. The van der Waals surface area contributed by atoms with E-state index < -0.39 is 46.9 Å². The second-order valence-corrected chi connectivity index (χ2v) is 14.5. The molecule has 3 aromatic heterocycles. The molecule has 0 saturated heterocycles. The lowest BCUT2D eigenvalue weighted by molar-refractivity contribution is -0.134. The number of aromatic nitrogens is 4. The number of amides is 4. The number of carboxylic acid groups (broad SMARTS) is 1. The molecule has 1 N–H and O–H groups in total. The Hall–Kier alpha value is -6.06. The van der Waals surface area contributed by atoms with Crippen LogP contribution in [-0.2, 0) is 20.8 Å². The zero-order chi connectivity index (χ0) is 40.1. The molecule has 0 radical (unpaired) electrons. The molecule has 4 rings (SSSR count). The number of likely N-dealkylation sites (N-methyl/N-ethyl adjacent to an activating group) is 1. The van der Waals surface area contributed by atoms with Gasteiger partial charge in [0.15, 0.2) is 17.3 Å². The number of ether oxygens (including phenoxy) is 2. The first-order valence-corrected chi connectivity index (χ1v) is 17.4. The number of rotatable bonds is 10. The van der Waals surface area contributed by atoms with Crippen LogP contribution in [0.25, 0.3) is 34.0 Å². The number of carbonyl (C=O) groups excluding carboxylic acids is 3. The van der Waals surface area contributed by atoms with Crippen molar-refractivity contribution in [2.45, 2.75) is 86.1 Å². The first-order valence-electron chi connectivity index (χ1n) is 17.4. The van der Waals surface area contributed by atoms with Crippen LogP contribution in [0.15, 0.2) is 64.2 Å². The number of anilines is 1. The molecule has 54 heavy (non-hydrogen) atoms. The summed E-state index contributed by atoms with van der Waals surface area (Å²) in [5.74, 6) is -0.688. The first kappa shape index (κ1) is 40.7. The average molecular weight is 746 g/mol. The van der Waals surface area contributed by atoms with E-state index in [2.05, 4.69) is 15.1 Å². The Bertz CT molecular complexity index is 2060. The van der Waals surface area contributed by atoms with Crippen molar-refractivity contribution in [2.75, 3.05) is 25.0 Å². The number of pyridine rings is 1. The third kappa shape index (κ3) is 9.87. The lowest BCUT2D eigenvalue weighted by Crippen LogP contribution is -2.41. The van der Waals surface area contributed by atoms with E-state index >= 15 is 0 Å². The maximum atomic E-state index is 13.2. The van der Waals surface area contributed by atoms with E-state index in [1.165, 1.54) is 40.1 Å². The predicted molar refractivity (Wildman–Crippen MR) is 200 cm³/mol. The van der Waals surface area contributed by atoms with Gasteiger partial charge in [0.1, 0.15) is 22.9 Å². The molecule has 0 spiro atoms. The summed E-state index contributed by atoms with van der Waals surface area (Å²) in [7, 11) is 1.64. The molecular weight excluding hydrogens is 698 g/mol. The van der Waals surface area contributed by atoms with Gasteiger partial charge in [-0.15, -0.1) is 0 Å². The number of carbonyl (C=O) groups is 4. The molecule has 4 amide bonds. The molecule has 16 heteroatoms. The predicted octanol–water partition coefficient (Wildman–Crippen LogP) is 6.84. The summed E-state index contributed by atoms with van der Waals surface area (Å²) in [5.41, 5.74) is 0.0918. The van der Waals surface area contributed by atoms with Crippen LogP contribution >= 0.6 is 0 Å². The highest BCUT2D eigenvalue weighted by Gasteiger charge is 2.34. The number of imide groups is 1. The molecule has 3 heterocycles. The van der Waals surface area contributed by atoms with Crippen molar-refractivity contribution >= 4 is 30.0 Å². The van der Waals surface area contributed by atoms with Gasteiger partial charge in [-0.3, -0.25) is 9.59 Å². The van der Waals surface area contributed by atoms with Gasteiger partial charge in [0.05, 0.1) is 11.9 Å². The molecule has 0 aliphatic carbocycles. The lowest BCUT2D eigenvalue weighted by atomic mass is 10.1. The van der Waals surface area contributed by atoms with Crippen molar-refractivity contribution in [1.29, 1.82) is 0 Å². The van der Waals surface area contributed by atoms with Crippen molar-refractivity contribution < 1.29 is 38.3 Å². The summed E-state index contributed by atoms with van der Waals surface area (Å²) in [4.78, 5) is 76.6. The van der Waals surface area contributed by atoms with Crippen LogP contribution in [0, 0.1) is 0 Å². The Morgan fingerprint density at radius 1 is 0.889 bits per heavy atom. The molecule has 288 valence electrons. The van der Waals surface area contributed by atoms with Crippen LogP contribution in [-0.4, -0.2) is 90.1 Å². The van der Waals surface area contributed by atoms with Crippen LogP contribution in [0.1, 0.15) is 73.9 Å². The fourth-order valence-electron chi connectivity index (χ4n) is 5.27. The summed E-state index contributed by atoms with van der Waals surface area (Å²) >= 11 is 0. The summed E-state index contributed by atoms with van der Waals surface area (Å²) < 4.78 is 17.8. The standard InChI is InChI=1S/C38H47N7O9/c1-11-43(12-2)33(47)23(3)44-22-26(17-18-30(44)46)28-20-39-32(45(34(48)49)36(51)53-38(7,8)9)31(40-28)29-19-27(41-54-29)25-15-13-24(14-16-25)21-42(10)35(50)52-37(4,5)6/h13-20,22-23H,11-12,21H2,1-10H3,(H,48,49). The van der Waals surface area contributed by atoms with Gasteiger partial charge in [0.2, 0.25) is 5.91 Å². The highest BCUT2D eigenvalue weighted by molar-refractivity contribution is 6.10. The Balaban J connectivity index is 1.77. The van der Waals surface area contributed by atoms with Crippen molar-refractivity contribution in [1.82, 2.24) is 29.5 Å². The minimum Gasteiger partial charge on any atom is -0.464 e. The minimum absolute atomic E-state index is 0.0312. The quantitative estimate of drug-likeness (QED) is 0.178. The summed E-state index contributed by atoms with van der Waals surface area (Å²) in [6.45, 7) is 16.7. The molecule has 0 fully saturated rings. The monoisotopic (exact) mass is 745 g/mol. The number of nitrogens with zero attached hydrogens (tertiary/aromatic N) is 7. The van der Waals surface area contributed by atoms with Gasteiger partial charge in [-0.05, 0) is 73.9 Å². The van der Waals surface area contributed by atoms with E-state index in [9.17, 15) is 29.1 Å². The minimum atomic E-state index is -1.68. The fourth-order valence-corrected chi connectivity index (χ4v) is 5.27. The molecule has 0 aliphatic rings. The summed E-state index contributed by atoms with van der Waals surface area (Å²) in [6, 6.07) is 10.6. The molecule has 1 atom stereocenters. The van der Waals surface area contributed by atoms with Crippen LogP contribution in [0.5, 0.6) is 0 Å². The second-order valence-electron chi connectivity index (χ2n) is 14.5. The van der Waals surface area contributed by atoms with Crippen molar-refractivity contribution in [3.05, 3.63) is 70.8 Å². The first-order chi connectivity index (χ1) is 25.2. The molecule has 4 aromatic rings. The largest absolute Gasteiger partial charge is 0.464 e. The fraction of sp³-hybridized carbons (Fsp3) is 0.421. The third-order valence-corrected chi connectivity index (χ3v) is 7.93. The molecule has 0 saturated carbocycles. The molecular formula is C38H47N7O9. The van der Waals surface area contributed by atoms with Crippen LogP contribution < -0.4 is 10.5 Å². The highest BCUT2D eigenvalue weighted by atomic mass is 16.6. The Kier molecular flexibility index (Phi) is 12.3.